The van der Waals surface area contributed by atoms with Crippen LogP contribution in [0.25, 0.3) is 0 Å². The van der Waals surface area contributed by atoms with E-state index in [2.05, 4.69) is 24.4 Å². The zero-order valence-corrected chi connectivity index (χ0v) is 10.3. The van der Waals surface area contributed by atoms with E-state index < -0.39 is 0 Å². The minimum Gasteiger partial charge on any atom is -0.497 e. The van der Waals surface area contributed by atoms with Gasteiger partial charge in [0.15, 0.2) is 0 Å². The number of methoxy groups -OCH3 is 1. The Hall–Kier alpha value is -1.06. The van der Waals surface area contributed by atoms with Crippen LogP contribution in [-0.4, -0.2) is 26.9 Å². The molecule has 0 unspecified atom stereocenters. The van der Waals surface area contributed by atoms with E-state index in [1.54, 1.807) is 7.11 Å². The molecule has 0 amide bonds. The SMILES string of the molecule is CCOCCN[C@H](C)c1cccc(OC)c1. The van der Waals surface area contributed by atoms with Gasteiger partial charge < -0.3 is 14.8 Å². The second-order valence-electron chi connectivity index (χ2n) is 3.65. The van der Waals surface area contributed by atoms with Gasteiger partial charge in [0.2, 0.25) is 0 Å². The lowest BCUT2D eigenvalue weighted by molar-refractivity contribution is 0.147. The topological polar surface area (TPSA) is 30.5 Å². The Morgan fingerprint density at radius 2 is 2.19 bits per heavy atom. The number of benzene rings is 1. The van der Waals surface area contributed by atoms with Crippen LogP contribution in [-0.2, 0) is 4.74 Å². The van der Waals surface area contributed by atoms with Crippen molar-refractivity contribution < 1.29 is 9.47 Å². The van der Waals surface area contributed by atoms with Crippen molar-refractivity contribution in [1.29, 1.82) is 0 Å². The summed E-state index contributed by atoms with van der Waals surface area (Å²) in [7, 11) is 1.69. The summed E-state index contributed by atoms with van der Waals surface area (Å²) < 4.78 is 10.5. The molecule has 0 bridgehead atoms. The molecule has 0 saturated carbocycles. The fraction of sp³-hybridized carbons (Fsp3) is 0.538. The van der Waals surface area contributed by atoms with Gasteiger partial charge in [-0.15, -0.1) is 0 Å². The summed E-state index contributed by atoms with van der Waals surface area (Å²) in [6.07, 6.45) is 0. The summed E-state index contributed by atoms with van der Waals surface area (Å²) in [5.41, 5.74) is 1.23. The van der Waals surface area contributed by atoms with Crippen LogP contribution in [0, 0.1) is 0 Å². The van der Waals surface area contributed by atoms with Crippen LogP contribution in [0.15, 0.2) is 24.3 Å². The average molecular weight is 223 g/mol. The first-order valence-corrected chi connectivity index (χ1v) is 5.73. The van der Waals surface area contributed by atoms with Crippen LogP contribution < -0.4 is 10.1 Å². The van der Waals surface area contributed by atoms with E-state index in [-0.39, 0.29) is 0 Å². The zero-order chi connectivity index (χ0) is 11.8. The molecule has 0 aliphatic carbocycles. The summed E-state index contributed by atoms with van der Waals surface area (Å²) in [6, 6.07) is 8.43. The molecule has 16 heavy (non-hydrogen) atoms. The third-order valence-corrected chi connectivity index (χ3v) is 2.49. The van der Waals surface area contributed by atoms with Crippen LogP contribution in [0.5, 0.6) is 5.75 Å². The van der Waals surface area contributed by atoms with Crippen LogP contribution in [0.4, 0.5) is 0 Å². The normalized spacial score (nSPS) is 12.4. The molecule has 0 aromatic heterocycles. The number of rotatable bonds is 7. The quantitative estimate of drug-likeness (QED) is 0.720. The van der Waals surface area contributed by atoms with Crippen molar-refractivity contribution in [2.24, 2.45) is 0 Å². The third-order valence-electron chi connectivity index (χ3n) is 2.49. The molecular weight excluding hydrogens is 202 g/mol. The van der Waals surface area contributed by atoms with E-state index in [1.807, 2.05) is 19.1 Å². The summed E-state index contributed by atoms with van der Waals surface area (Å²) in [6.45, 7) is 6.54. The first-order valence-electron chi connectivity index (χ1n) is 5.73. The van der Waals surface area contributed by atoms with Crippen molar-refractivity contribution >= 4 is 0 Å². The molecule has 1 N–H and O–H groups in total. The maximum Gasteiger partial charge on any atom is 0.119 e. The van der Waals surface area contributed by atoms with E-state index in [4.69, 9.17) is 9.47 Å². The Labute approximate surface area is 97.8 Å². The van der Waals surface area contributed by atoms with Gasteiger partial charge in [0.25, 0.3) is 0 Å². The summed E-state index contributed by atoms with van der Waals surface area (Å²) in [4.78, 5) is 0. The Kier molecular flexibility index (Phi) is 5.90. The number of ether oxygens (including phenoxy) is 2. The highest BCUT2D eigenvalue weighted by Gasteiger charge is 2.04. The molecule has 1 aromatic carbocycles. The third kappa shape index (κ3) is 4.21. The van der Waals surface area contributed by atoms with Crippen molar-refractivity contribution in [3.8, 4) is 5.75 Å². The van der Waals surface area contributed by atoms with Gasteiger partial charge in [0.1, 0.15) is 5.75 Å². The van der Waals surface area contributed by atoms with Gasteiger partial charge in [0.05, 0.1) is 13.7 Å². The molecule has 0 aliphatic heterocycles. The number of nitrogens with one attached hydrogen (secondary N) is 1. The first kappa shape index (κ1) is 13.0. The molecule has 1 aromatic rings. The second-order valence-corrected chi connectivity index (χ2v) is 3.65. The maximum atomic E-state index is 5.28. The van der Waals surface area contributed by atoms with Gasteiger partial charge in [-0.3, -0.25) is 0 Å². The van der Waals surface area contributed by atoms with Crippen molar-refractivity contribution in [2.45, 2.75) is 19.9 Å². The first-order chi connectivity index (χ1) is 7.77. The monoisotopic (exact) mass is 223 g/mol. The van der Waals surface area contributed by atoms with Crippen molar-refractivity contribution in [2.75, 3.05) is 26.9 Å². The predicted octanol–water partition coefficient (Wildman–Crippen LogP) is 2.38. The van der Waals surface area contributed by atoms with Crippen molar-refractivity contribution in [3.63, 3.8) is 0 Å². The molecular formula is C13H21NO2. The summed E-state index contributed by atoms with van der Waals surface area (Å²) in [5.74, 6) is 0.899. The van der Waals surface area contributed by atoms with Gasteiger partial charge >= 0.3 is 0 Å². The lowest BCUT2D eigenvalue weighted by Gasteiger charge is -2.14. The van der Waals surface area contributed by atoms with Crippen LogP contribution in [0.2, 0.25) is 0 Å². The van der Waals surface area contributed by atoms with Crippen LogP contribution >= 0.6 is 0 Å². The largest absolute Gasteiger partial charge is 0.497 e. The lowest BCUT2D eigenvalue weighted by atomic mass is 10.1. The predicted molar refractivity (Wildman–Crippen MR) is 65.9 cm³/mol. The number of hydrogen-bond donors (Lipinski definition) is 1. The van der Waals surface area contributed by atoms with E-state index in [0.717, 1.165) is 25.5 Å². The van der Waals surface area contributed by atoms with Crippen LogP contribution in [0.3, 0.4) is 0 Å². The Balaban J connectivity index is 2.42. The highest BCUT2D eigenvalue weighted by molar-refractivity contribution is 5.30. The van der Waals surface area contributed by atoms with Gasteiger partial charge in [-0.05, 0) is 31.5 Å². The van der Waals surface area contributed by atoms with Gasteiger partial charge in [-0.25, -0.2) is 0 Å². The Morgan fingerprint density at radius 1 is 1.38 bits per heavy atom. The highest BCUT2D eigenvalue weighted by Crippen LogP contribution is 2.18. The average Bonchev–Trinajstić information content (AvgIpc) is 2.34. The zero-order valence-electron chi connectivity index (χ0n) is 10.3. The van der Waals surface area contributed by atoms with Crippen LogP contribution in [0.1, 0.15) is 25.5 Å². The minimum absolute atomic E-state index is 0.315. The summed E-state index contributed by atoms with van der Waals surface area (Å²) in [5, 5.41) is 3.40. The molecule has 90 valence electrons. The molecule has 0 fully saturated rings. The molecule has 0 aliphatic rings. The van der Waals surface area contributed by atoms with Crippen molar-refractivity contribution in [3.05, 3.63) is 29.8 Å². The standard InChI is InChI=1S/C13H21NO2/c1-4-16-9-8-14-11(2)12-6-5-7-13(10-12)15-3/h5-7,10-11,14H,4,8-9H2,1-3H3/t11-/m1/s1. The van der Waals surface area contributed by atoms with Gasteiger partial charge in [0, 0.05) is 19.2 Å². The Bertz CT molecular complexity index is 302. The fourth-order valence-corrected chi connectivity index (χ4v) is 1.52. The molecule has 0 saturated heterocycles. The molecule has 3 nitrogen and oxygen atoms in total. The highest BCUT2D eigenvalue weighted by atomic mass is 16.5. The van der Waals surface area contributed by atoms with Crippen molar-refractivity contribution in [1.82, 2.24) is 5.32 Å². The molecule has 0 radical (unpaired) electrons. The molecule has 0 spiro atoms. The van der Waals surface area contributed by atoms with E-state index in [9.17, 15) is 0 Å². The molecule has 1 atom stereocenters. The number of hydrogen-bond acceptors (Lipinski definition) is 3. The molecule has 1 rings (SSSR count). The van der Waals surface area contributed by atoms with E-state index in [0.29, 0.717) is 6.04 Å². The van der Waals surface area contributed by atoms with Gasteiger partial charge in [-0.2, -0.15) is 0 Å². The smallest absolute Gasteiger partial charge is 0.119 e. The second kappa shape index (κ2) is 7.25. The maximum absolute atomic E-state index is 5.28. The van der Waals surface area contributed by atoms with Gasteiger partial charge in [-0.1, -0.05) is 12.1 Å². The lowest BCUT2D eigenvalue weighted by Crippen LogP contribution is -2.23. The molecule has 3 heteroatoms. The summed E-state index contributed by atoms with van der Waals surface area (Å²) >= 11 is 0. The fourth-order valence-electron chi connectivity index (χ4n) is 1.52. The van der Waals surface area contributed by atoms with E-state index in [1.165, 1.54) is 5.56 Å². The van der Waals surface area contributed by atoms with E-state index >= 15 is 0 Å². The Morgan fingerprint density at radius 3 is 2.88 bits per heavy atom. The molecule has 0 heterocycles. The minimum atomic E-state index is 0.315.